The second-order valence-corrected chi connectivity index (χ2v) is 9.06. The number of anilines is 1. The number of nitrogens with zero attached hydrogens (tertiary/aromatic N) is 1. The zero-order valence-electron chi connectivity index (χ0n) is 13.9. The molecule has 1 aliphatic rings. The van der Waals surface area contributed by atoms with Crippen molar-refractivity contribution in [2.24, 2.45) is 5.50 Å². The van der Waals surface area contributed by atoms with Crippen molar-refractivity contribution < 1.29 is 27.1 Å². The number of hydrogen-bond donors (Lipinski definition) is 5. The number of carbonyl (C=O) groups is 2. The average molecular weight is 405 g/mol. The summed E-state index contributed by atoms with van der Waals surface area (Å²) in [5.41, 5.74) is 6.52. The van der Waals surface area contributed by atoms with Gasteiger partial charge in [0.15, 0.2) is 0 Å². The SMILES string of the molecule is CNc1ccc(C(=O)N[C@H]2CCCN(P(N)(=O)NS(=O)(=O)O)C2=O)cc1. The van der Waals surface area contributed by atoms with E-state index in [0.29, 0.717) is 16.7 Å². The summed E-state index contributed by atoms with van der Waals surface area (Å²) in [5, 5.41) is 5.43. The van der Waals surface area contributed by atoms with E-state index >= 15 is 0 Å². The van der Waals surface area contributed by atoms with Crippen LogP contribution >= 0.6 is 7.59 Å². The van der Waals surface area contributed by atoms with Gasteiger partial charge >= 0.3 is 17.9 Å². The Kier molecular flexibility index (Phi) is 6.04. The van der Waals surface area contributed by atoms with Crippen molar-refractivity contribution in [2.75, 3.05) is 18.9 Å². The first-order valence-corrected chi connectivity index (χ1v) is 10.8. The van der Waals surface area contributed by atoms with Gasteiger partial charge in [0, 0.05) is 24.8 Å². The minimum atomic E-state index is -4.87. The van der Waals surface area contributed by atoms with Gasteiger partial charge in [-0.3, -0.25) is 28.9 Å². The molecule has 1 unspecified atom stereocenters. The molecule has 13 heteroatoms. The zero-order chi connectivity index (χ0) is 19.5. The normalized spacial score (nSPS) is 20.3. The van der Waals surface area contributed by atoms with Crippen LogP contribution in [0.2, 0.25) is 0 Å². The van der Waals surface area contributed by atoms with Crippen LogP contribution in [0, 0.1) is 0 Å². The van der Waals surface area contributed by atoms with Crippen LogP contribution in [0.5, 0.6) is 0 Å². The van der Waals surface area contributed by atoms with Crippen molar-refractivity contribution in [3.63, 3.8) is 0 Å². The van der Waals surface area contributed by atoms with Gasteiger partial charge in [0.1, 0.15) is 6.04 Å². The van der Waals surface area contributed by atoms with Crippen LogP contribution < -0.4 is 20.6 Å². The molecule has 11 nitrogen and oxygen atoms in total. The van der Waals surface area contributed by atoms with E-state index in [0.717, 1.165) is 5.69 Å². The van der Waals surface area contributed by atoms with Crippen molar-refractivity contribution >= 4 is 35.4 Å². The van der Waals surface area contributed by atoms with Crippen LogP contribution in [0.1, 0.15) is 23.2 Å². The first kappa shape index (κ1) is 20.3. The van der Waals surface area contributed by atoms with E-state index < -0.39 is 35.8 Å². The van der Waals surface area contributed by atoms with Gasteiger partial charge in [-0.25, -0.2) is 0 Å². The Morgan fingerprint density at radius 3 is 2.50 bits per heavy atom. The van der Waals surface area contributed by atoms with Gasteiger partial charge in [0.05, 0.1) is 0 Å². The molecule has 0 spiro atoms. The number of piperidine rings is 1. The third-order valence-electron chi connectivity index (χ3n) is 3.76. The second-order valence-electron chi connectivity index (χ2n) is 5.65. The maximum Gasteiger partial charge on any atom is 0.341 e. The third kappa shape index (κ3) is 5.02. The van der Waals surface area contributed by atoms with Crippen LogP contribution in [-0.4, -0.2) is 49.1 Å². The Morgan fingerprint density at radius 1 is 1.35 bits per heavy atom. The molecule has 0 aliphatic carbocycles. The van der Waals surface area contributed by atoms with Gasteiger partial charge in [-0.1, -0.05) is 0 Å². The molecule has 0 aromatic heterocycles. The maximum absolute atomic E-state index is 12.5. The minimum Gasteiger partial charge on any atom is -0.388 e. The number of hydrogen-bond acceptors (Lipinski definition) is 6. The summed E-state index contributed by atoms with van der Waals surface area (Å²) < 4.78 is 44.8. The summed E-state index contributed by atoms with van der Waals surface area (Å²) in [6, 6.07) is 5.50. The summed E-state index contributed by atoms with van der Waals surface area (Å²) in [5.74, 6) is -1.30. The van der Waals surface area contributed by atoms with Gasteiger partial charge in [-0.15, -0.1) is 4.49 Å². The fourth-order valence-corrected chi connectivity index (χ4v) is 5.12. The molecule has 1 aromatic rings. The van der Waals surface area contributed by atoms with Crippen LogP contribution in [0.25, 0.3) is 0 Å². The Bertz CT molecular complexity index is 843. The van der Waals surface area contributed by atoms with Crippen LogP contribution in [0.4, 0.5) is 5.69 Å². The van der Waals surface area contributed by atoms with Gasteiger partial charge in [0.2, 0.25) is 0 Å². The summed E-state index contributed by atoms with van der Waals surface area (Å²) in [4.78, 5) is 24.7. The molecule has 1 aliphatic heterocycles. The van der Waals surface area contributed by atoms with Crippen molar-refractivity contribution in [3.8, 4) is 0 Å². The molecule has 0 saturated carbocycles. The van der Waals surface area contributed by atoms with Crippen molar-refractivity contribution in [1.82, 2.24) is 14.5 Å². The molecule has 1 aromatic carbocycles. The molecule has 1 saturated heterocycles. The van der Waals surface area contributed by atoms with E-state index in [4.69, 9.17) is 10.1 Å². The first-order chi connectivity index (χ1) is 12.0. The largest absolute Gasteiger partial charge is 0.388 e. The lowest BCUT2D eigenvalue weighted by Crippen LogP contribution is -2.53. The van der Waals surface area contributed by atoms with Crippen LogP contribution in [0.15, 0.2) is 24.3 Å². The van der Waals surface area contributed by atoms with Crippen molar-refractivity contribution in [1.29, 1.82) is 0 Å². The number of benzene rings is 1. The molecule has 1 fully saturated rings. The molecule has 2 atom stereocenters. The number of carbonyl (C=O) groups excluding carboxylic acids is 2. The minimum absolute atomic E-state index is 0.0711. The molecule has 0 radical (unpaired) electrons. The third-order valence-corrected chi connectivity index (χ3v) is 6.84. The highest BCUT2D eigenvalue weighted by Crippen LogP contribution is 2.40. The highest BCUT2D eigenvalue weighted by molar-refractivity contribution is 7.90. The Labute approximate surface area is 150 Å². The van der Waals surface area contributed by atoms with Gasteiger partial charge in [-0.2, -0.15) is 8.42 Å². The number of nitrogens with one attached hydrogen (secondary N) is 3. The monoisotopic (exact) mass is 405 g/mol. The van der Waals surface area contributed by atoms with E-state index in [1.54, 1.807) is 31.3 Å². The van der Waals surface area contributed by atoms with E-state index in [1.165, 1.54) is 4.49 Å². The molecule has 6 N–H and O–H groups in total. The van der Waals surface area contributed by atoms with Crippen molar-refractivity contribution in [3.05, 3.63) is 29.8 Å². The lowest BCUT2D eigenvalue weighted by atomic mass is 10.1. The molecule has 1 heterocycles. The first-order valence-electron chi connectivity index (χ1n) is 7.59. The lowest BCUT2D eigenvalue weighted by Gasteiger charge is -2.35. The molecule has 144 valence electrons. The number of nitrogens with two attached hydrogens (primary N) is 1. The predicted molar refractivity (Wildman–Crippen MR) is 94.7 cm³/mol. The summed E-state index contributed by atoms with van der Waals surface area (Å²) in [6.07, 6.45) is 0.616. The van der Waals surface area contributed by atoms with Crippen LogP contribution in [0.3, 0.4) is 0 Å². The Morgan fingerprint density at radius 2 is 1.96 bits per heavy atom. The molecular formula is C13H20N5O6PS. The summed E-state index contributed by atoms with van der Waals surface area (Å²) in [6.45, 7) is -0.0711. The standard InChI is InChI=1S/C13H20N5O6PS/c1-15-10-6-4-9(5-7-10)12(19)16-11-3-2-8-18(13(11)20)25(14,21)17-26(22,23)24/h4-7,11,15H,2-3,8H2,1H3,(H,16,19)(H3,14,17,21)(H,22,23,24)/t11-,25?/m0/s1. The predicted octanol–water partition coefficient (Wildman–Crippen LogP) is -0.0917. The molecule has 2 amide bonds. The smallest absolute Gasteiger partial charge is 0.341 e. The number of amides is 2. The zero-order valence-corrected chi connectivity index (χ0v) is 15.6. The van der Waals surface area contributed by atoms with Crippen molar-refractivity contribution in [2.45, 2.75) is 18.9 Å². The second kappa shape index (κ2) is 7.72. The fraction of sp³-hybridized carbons (Fsp3) is 0.385. The molecule has 0 bridgehead atoms. The fourth-order valence-electron chi connectivity index (χ4n) is 2.53. The Hall–Kier alpha value is -1.98. The number of rotatable bonds is 6. The van der Waals surface area contributed by atoms with E-state index in [9.17, 15) is 22.6 Å². The van der Waals surface area contributed by atoms with Gasteiger partial charge < -0.3 is 10.6 Å². The quantitative estimate of drug-likeness (QED) is 0.323. The summed E-state index contributed by atoms with van der Waals surface area (Å²) >= 11 is 0. The van der Waals surface area contributed by atoms with E-state index in [1.807, 2.05) is 0 Å². The molecular weight excluding hydrogens is 385 g/mol. The van der Waals surface area contributed by atoms with Gasteiger partial charge in [0.25, 0.3) is 11.8 Å². The average Bonchev–Trinajstić information content (AvgIpc) is 2.54. The highest BCUT2D eigenvalue weighted by Gasteiger charge is 2.40. The lowest BCUT2D eigenvalue weighted by molar-refractivity contribution is -0.130. The maximum atomic E-state index is 12.5. The molecule has 2 rings (SSSR count). The van der Waals surface area contributed by atoms with E-state index in [2.05, 4.69) is 10.6 Å². The highest BCUT2D eigenvalue weighted by atomic mass is 32.2. The van der Waals surface area contributed by atoms with E-state index in [-0.39, 0.29) is 13.0 Å². The topological polar surface area (TPSA) is 171 Å². The molecule has 26 heavy (non-hydrogen) atoms. The Balaban J connectivity index is 2.11. The van der Waals surface area contributed by atoms with Crippen LogP contribution in [-0.2, 0) is 19.7 Å². The summed E-state index contributed by atoms with van der Waals surface area (Å²) in [7, 11) is -7.51. The van der Waals surface area contributed by atoms with Gasteiger partial charge in [-0.05, 0) is 37.1 Å².